The lowest BCUT2D eigenvalue weighted by Gasteiger charge is -2.08. The Morgan fingerprint density at radius 1 is 0.882 bits per heavy atom. The monoisotopic (exact) mass is 240 g/mol. The van der Waals surface area contributed by atoms with Crippen LogP contribution in [0.25, 0.3) is 0 Å². The van der Waals surface area contributed by atoms with Crippen LogP contribution in [-0.2, 0) is 4.74 Å². The molecule has 1 N–H and O–H groups in total. The van der Waals surface area contributed by atoms with Crippen molar-refractivity contribution >= 4 is 0 Å². The molecule has 1 rings (SSSR count). The quantitative estimate of drug-likeness (QED) is 0.669. The second-order valence-corrected chi connectivity index (χ2v) is 3.50. The zero-order valence-electron chi connectivity index (χ0n) is 10.2. The van der Waals surface area contributed by atoms with Crippen LogP contribution in [0, 0.1) is 0 Å². The Hall–Kier alpha value is -1.26. The van der Waals surface area contributed by atoms with Crippen molar-refractivity contribution in [3.8, 4) is 11.5 Å². The first kappa shape index (κ1) is 13.8. The van der Waals surface area contributed by atoms with E-state index in [1.807, 2.05) is 24.3 Å². The number of aliphatic hydroxyl groups is 1. The van der Waals surface area contributed by atoms with Crippen LogP contribution in [-0.4, -0.2) is 38.1 Å². The molecule has 0 atom stereocenters. The molecular formula is C13H20O4. The molecule has 0 aliphatic carbocycles. The first-order chi connectivity index (χ1) is 8.36. The highest BCUT2D eigenvalue weighted by Gasteiger charge is 1.96. The highest BCUT2D eigenvalue weighted by Crippen LogP contribution is 2.17. The van der Waals surface area contributed by atoms with Crippen molar-refractivity contribution in [3.63, 3.8) is 0 Å². The van der Waals surface area contributed by atoms with Crippen LogP contribution < -0.4 is 9.47 Å². The molecule has 1 aromatic rings. The number of hydrogen-bond donors (Lipinski definition) is 1. The summed E-state index contributed by atoms with van der Waals surface area (Å²) in [7, 11) is 0. The minimum Gasteiger partial charge on any atom is -0.494 e. The van der Waals surface area contributed by atoms with Gasteiger partial charge in [0.15, 0.2) is 0 Å². The van der Waals surface area contributed by atoms with E-state index in [9.17, 15) is 0 Å². The lowest BCUT2D eigenvalue weighted by molar-refractivity contribution is 0.0705. The standard InChI is InChI=1S/C13H20O4/c1-2-8-16-12-3-5-13(6-4-12)17-11-10-15-9-7-14/h3-6,14H,2,7-11H2,1H3. The van der Waals surface area contributed by atoms with Crippen LogP contribution in [0.2, 0.25) is 0 Å². The van der Waals surface area contributed by atoms with E-state index in [0.717, 1.165) is 24.5 Å². The van der Waals surface area contributed by atoms with Gasteiger partial charge in [-0.15, -0.1) is 0 Å². The van der Waals surface area contributed by atoms with Crippen LogP contribution >= 0.6 is 0 Å². The summed E-state index contributed by atoms with van der Waals surface area (Å²) < 4.78 is 16.0. The Morgan fingerprint density at radius 3 is 2.00 bits per heavy atom. The molecule has 0 amide bonds. The molecule has 0 unspecified atom stereocenters. The minimum atomic E-state index is 0.0451. The fourth-order valence-corrected chi connectivity index (χ4v) is 1.24. The number of rotatable bonds is 9. The molecule has 0 saturated heterocycles. The first-order valence-corrected chi connectivity index (χ1v) is 5.91. The number of ether oxygens (including phenoxy) is 3. The second kappa shape index (κ2) is 8.84. The molecule has 17 heavy (non-hydrogen) atoms. The normalized spacial score (nSPS) is 10.2. The first-order valence-electron chi connectivity index (χ1n) is 5.91. The number of benzene rings is 1. The summed E-state index contributed by atoms with van der Waals surface area (Å²) in [5, 5.41) is 8.50. The van der Waals surface area contributed by atoms with E-state index < -0.39 is 0 Å². The second-order valence-electron chi connectivity index (χ2n) is 3.50. The minimum absolute atomic E-state index is 0.0451. The predicted octanol–water partition coefficient (Wildman–Crippen LogP) is 1.86. The molecule has 0 saturated carbocycles. The fraction of sp³-hybridized carbons (Fsp3) is 0.538. The van der Waals surface area contributed by atoms with Crippen molar-refractivity contribution in [1.29, 1.82) is 0 Å². The molecule has 0 bridgehead atoms. The van der Waals surface area contributed by atoms with Gasteiger partial charge in [0.25, 0.3) is 0 Å². The van der Waals surface area contributed by atoms with Crippen molar-refractivity contribution in [2.24, 2.45) is 0 Å². The van der Waals surface area contributed by atoms with Crippen molar-refractivity contribution in [1.82, 2.24) is 0 Å². The van der Waals surface area contributed by atoms with Gasteiger partial charge in [-0.1, -0.05) is 6.92 Å². The SMILES string of the molecule is CCCOc1ccc(OCCOCCO)cc1. The Kier molecular flexibility index (Phi) is 7.18. The van der Waals surface area contributed by atoms with Crippen LogP contribution in [0.3, 0.4) is 0 Å². The lowest BCUT2D eigenvalue weighted by Crippen LogP contribution is -2.09. The molecule has 1 aromatic carbocycles. The number of hydrogen-bond acceptors (Lipinski definition) is 4. The van der Waals surface area contributed by atoms with Gasteiger partial charge < -0.3 is 19.3 Å². The van der Waals surface area contributed by atoms with Crippen LogP contribution in [0.5, 0.6) is 11.5 Å². The third-order valence-corrected chi connectivity index (χ3v) is 2.03. The van der Waals surface area contributed by atoms with E-state index in [4.69, 9.17) is 19.3 Å². The summed E-state index contributed by atoms with van der Waals surface area (Å²) in [5.74, 6) is 1.65. The maximum atomic E-state index is 8.50. The molecule has 0 aliphatic heterocycles. The van der Waals surface area contributed by atoms with E-state index in [1.165, 1.54) is 0 Å². The Bertz CT molecular complexity index is 284. The smallest absolute Gasteiger partial charge is 0.119 e. The summed E-state index contributed by atoms with van der Waals surface area (Å²) in [6, 6.07) is 7.52. The van der Waals surface area contributed by atoms with E-state index in [0.29, 0.717) is 19.8 Å². The largest absolute Gasteiger partial charge is 0.494 e. The lowest BCUT2D eigenvalue weighted by atomic mass is 10.3. The molecule has 96 valence electrons. The van der Waals surface area contributed by atoms with Gasteiger partial charge in [-0.25, -0.2) is 0 Å². The predicted molar refractivity (Wildman–Crippen MR) is 65.6 cm³/mol. The average molecular weight is 240 g/mol. The molecule has 4 heteroatoms. The van der Waals surface area contributed by atoms with Crippen molar-refractivity contribution in [2.75, 3.05) is 33.0 Å². The zero-order chi connectivity index (χ0) is 12.3. The van der Waals surface area contributed by atoms with Gasteiger partial charge in [-0.3, -0.25) is 0 Å². The van der Waals surface area contributed by atoms with Crippen LogP contribution in [0.15, 0.2) is 24.3 Å². The van der Waals surface area contributed by atoms with E-state index in [2.05, 4.69) is 6.92 Å². The molecule has 0 spiro atoms. The van der Waals surface area contributed by atoms with Crippen molar-refractivity contribution in [2.45, 2.75) is 13.3 Å². The van der Waals surface area contributed by atoms with Gasteiger partial charge in [0.2, 0.25) is 0 Å². The molecule has 0 aliphatic rings. The highest BCUT2D eigenvalue weighted by molar-refractivity contribution is 5.31. The van der Waals surface area contributed by atoms with Gasteiger partial charge in [0, 0.05) is 0 Å². The fourth-order valence-electron chi connectivity index (χ4n) is 1.24. The molecule has 0 fully saturated rings. The highest BCUT2D eigenvalue weighted by atomic mass is 16.5. The van der Waals surface area contributed by atoms with E-state index >= 15 is 0 Å². The molecule has 0 aromatic heterocycles. The third kappa shape index (κ3) is 6.14. The molecular weight excluding hydrogens is 220 g/mol. The molecule has 0 heterocycles. The maximum absolute atomic E-state index is 8.50. The Morgan fingerprint density at radius 2 is 1.47 bits per heavy atom. The van der Waals surface area contributed by atoms with Crippen molar-refractivity contribution in [3.05, 3.63) is 24.3 Å². The van der Waals surface area contributed by atoms with E-state index in [1.54, 1.807) is 0 Å². The topological polar surface area (TPSA) is 47.9 Å². The van der Waals surface area contributed by atoms with Gasteiger partial charge in [0.05, 0.1) is 26.4 Å². The summed E-state index contributed by atoms with van der Waals surface area (Å²) in [6.45, 7) is 4.17. The van der Waals surface area contributed by atoms with Gasteiger partial charge in [-0.2, -0.15) is 0 Å². The van der Waals surface area contributed by atoms with Crippen LogP contribution in [0.1, 0.15) is 13.3 Å². The Balaban J connectivity index is 2.20. The maximum Gasteiger partial charge on any atom is 0.119 e. The molecule has 4 nitrogen and oxygen atoms in total. The van der Waals surface area contributed by atoms with Gasteiger partial charge in [-0.05, 0) is 30.7 Å². The summed E-state index contributed by atoms with van der Waals surface area (Å²) >= 11 is 0. The summed E-state index contributed by atoms with van der Waals surface area (Å²) in [6.07, 6.45) is 1.00. The average Bonchev–Trinajstić information content (AvgIpc) is 2.37. The summed E-state index contributed by atoms with van der Waals surface area (Å²) in [5.41, 5.74) is 0. The van der Waals surface area contributed by atoms with E-state index in [-0.39, 0.29) is 6.61 Å². The zero-order valence-corrected chi connectivity index (χ0v) is 10.2. The Labute approximate surface area is 102 Å². The van der Waals surface area contributed by atoms with Gasteiger partial charge in [0.1, 0.15) is 18.1 Å². The van der Waals surface area contributed by atoms with Gasteiger partial charge >= 0.3 is 0 Å². The third-order valence-electron chi connectivity index (χ3n) is 2.03. The number of aliphatic hydroxyl groups excluding tert-OH is 1. The van der Waals surface area contributed by atoms with Crippen molar-refractivity contribution < 1.29 is 19.3 Å². The molecule has 0 radical (unpaired) electrons. The summed E-state index contributed by atoms with van der Waals surface area (Å²) in [4.78, 5) is 0. The van der Waals surface area contributed by atoms with Crippen LogP contribution in [0.4, 0.5) is 0 Å².